The van der Waals surface area contributed by atoms with E-state index >= 15 is 0 Å². The van der Waals surface area contributed by atoms with Gasteiger partial charge in [0.05, 0.1) is 5.56 Å². The second-order valence-electron chi connectivity index (χ2n) is 3.47. The number of anilines is 1. The van der Waals surface area contributed by atoms with Crippen molar-refractivity contribution in [2.45, 2.75) is 0 Å². The summed E-state index contributed by atoms with van der Waals surface area (Å²) in [6, 6.07) is 6.93. The Hall–Kier alpha value is -2.23. The van der Waals surface area contributed by atoms with Gasteiger partial charge in [-0.15, -0.1) is 0 Å². The molecule has 1 heterocycles. The van der Waals surface area contributed by atoms with Crippen molar-refractivity contribution in [1.82, 2.24) is 5.32 Å². The zero-order valence-electron chi connectivity index (χ0n) is 8.91. The average molecular weight is 216 g/mol. The van der Waals surface area contributed by atoms with Crippen LogP contribution in [0, 0.1) is 0 Å². The van der Waals surface area contributed by atoms with E-state index in [9.17, 15) is 4.79 Å². The van der Waals surface area contributed by atoms with E-state index in [2.05, 4.69) is 11.9 Å². The molecule has 0 unspecified atom stereocenters. The molecule has 2 aromatic rings. The number of hydrogen-bond donors (Lipinski definition) is 2. The molecular weight excluding hydrogens is 204 g/mol. The normalized spacial score (nSPS) is 10.3. The summed E-state index contributed by atoms with van der Waals surface area (Å²) in [5, 5.41) is 3.64. The maximum absolute atomic E-state index is 11.6. The van der Waals surface area contributed by atoms with Crippen LogP contribution in [0.15, 0.2) is 40.1 Å². The molecule has 0 atom stereocenters. The lowest BCUT2D eigenvalue weighted by Crippen LogP contribution is -2.13. The topological polar surface area (TPSA) is 68.3 Å². The van der Waals surface area contributed by atoms with Crippen LogP contribution >= 0.6 is 0 Å². The lowest BCUT2D eigenvalue weighted by atomic mass is 10.1. The highest BCUT2D eigenvalue weighted by atomic mass is 16.4. The van der Waals surface area contributed by atoms with Crippen LogP contribution in [0.4, 0.5) is 5.69 Å². The largest absolute Gasteiger partial charge is 0.422 e. The van der Waals surface area contributed by atoms with Crippen molar-refractivity contribution >= 4 is 22.4 Å². The number of nitrogen functional groups attached to an aromatic ring is 1. The highest BCUT2D eigenvalue weighted by Crippen LogP contribution is 2.18. The molecule has 0 aliphatic carbocycles. The van der Waals surface area contributed by atoms with Gasteiger partial charge in [0.25, 0.3) is 0 Å². The van der Waals surface area contributed by atoms with Crippen molar-refractivity contribution < 1.29 is 4.42 Å². The molecule has 82 valence electrons. The van der Waals surface area contributed by atoms with E-state index in [1.165, 1.54) is 0 Å². The molecule has 0 aliphatic heterocycles. The Labute approximate surface area is 92.4 Å². The first-order chi connectivity index (χ1) is 7.61. The van der Waals surface area contributed by atoms with Crippen molar-refractivity contribution in [3.05, 3.63) is 46.8 Å². The Balaban J connectivity index is 2.72. The zero-order valence-corrected chi connectivity index (χ0v) is 8.91. The van der Waals surface area contributed by atoms with Crippen molar-refractivity contribution in [2.24, 2.45) is 0 Å². The van der Waals surface area contributed by atoms with Gasteiger partial charge in [-0.1, -0.05) is 6.58 Å². The van der Waals surface area contributed by atoms with Crippen molar-refractivity contribution in [3.63, 3.8) is 0 Å². The summed E-state index contributed by atoms with van der Waals surface area (Å²) >= 11 is 0. The summed E-state index contributed by atoms with van der Waals surface area (Å²) < 4.78 is 5.16. The maximum atomic E-state index is 11.6. The summed E-state index contributed by atoms with van der Waals surface area (Å²) in [5.41, 5.74) is 7.20. The van der Waals surface area contributed by atoms with Gasteiger partial charge >= 0.3 is 5.63 Å². The van der Waals surface area contributed by atoms with E-state index in [-0.39, 0.29) is 0 Å². The van der Waals surface area contributed by atoms with Gasteiger partial charge in [-0.05, 0) is 18.2 Å². The van der Waals surface area contributed by atoms with Crippen LogP contribution in [-0.4, -0.2) is 7.05 Å². The van der Waals surface area contributed by atoms with Crippen LogP contribution in [0.2, 0.25) is 0 Å². The van der Waals surface area contributed by atoms with E-state index in [0.717, 1.165) is 5.39 Å². The average Bonchev–Trinajstić information content (AvgIpc) is 2.27. The first-order valence-electron chi connectivity index (χ1n) is 4.82. The van der Waals surface area contributed by atoms with Gasteiger partial charge < -0.3 is 15.5 Å². The van der Waals surface area contributed by atoms with Crippen molar-refractivity contribution in [2.75, 3.05) is 12.8 Å². The molecule has 0 fully saturated rings. The predicted molar refractivity (Wildman–Crippen MR) is 65.0 cm³/mol. The quantitative estimate of drug-likeness (QED) is 0.590. The van der Waals surface area contributed by atoms with Crippen LogP contribution in [0.1, 0.15) is 5.56 Å². The van der Waals surface area contributed by atoms with Gasteiger partial charge in [0.2, 0.25) is 0 Å². The van der Waals surface area contributed by atoms with Crippen LogP contribution < -0.4 is 16.7 Å². The van der Waals surface area contributed by atoms with Crippen molar-refractivity contribution in [3.8, 4) is 0 Å². The number of benzene rings is 1. The Morgan fingerprint density at radius 2 is 2.19 bits per heavy atom. The fourth-order valence-electron chi connectivity index (χ4n) is 1.47. The van der Waals surface area contributed by atoms with Gasteiger partial charge in [0.1, 0.15) is 5.58 Å². The van der Waals surface area contributed by atoms with Gasteiger partial charge in [-0.25, -0.2) is 4.79 Å². The Morgan fingerprint density at radius 1 is 1.44 bits per heavy atom. The molecule has 0 amide bonds. The molecule has 1 aromatic carbocycles. The molecule has 3 N–H and O–H groups in total. The Morgan fingerprint density at radius 3 is 2.88 bits per heavy atom. The number of fused-ring (bicyclic) bond motifs is 1. The molecule has 0 saturated heterocycles. The minimum Gasteiger partial charge on any atom is -0.422 e. The fraction of sp³-hybridized carbons (Fsp3) is 0.0833. The first-order valence-corrected chi connectivity index (χ1v) is 4.82. The monoisotopic (exact) mass is 216 g/mol. The van der Waals surface area contributed by atoms with Gasteiger partial charge in [0.15, 0.2) is 0 Å². The summed E-state index contributed by atoms with van der Waals surface area (Å²) in [7, 11) is 1.70. The molecule has 0 aliphatic rings. The first kappa shape index (κ1) is 10.3. The summed E-state index contributed by atoms with van der Waals surface area (Å²) in [5.74, 6) is 0. The minimum atomic E-state index is -0.419. The SMILES string of the molecule is C=C(NC)c1cc2ccc(N)cc2oc1=O. The standard InChI is InChI=1S/C12H12N2O2/c1-7(14-2)10-5-8-3-4-9(13)6-11(8)16-12(10)15/h3-6,14H,1,13H2,2H3. The third-order valence-electron chi connectivity index (χ3n) is 2.39. The Bertz CT molecular complexity index is 614. The third-order valence-corrected chi connectivity index (χ3v) is 2.39. The van der Waals surface area contributed by atoms with Crippen LogP contribution in [0.3, 0.4) is 0 Å². The summed E-state index contributed by atoms with van der Waals surface area (Å²) in [6.45, 7) is 3.73. The van der Waals surface area contributed by atoms with Crippen LogP contribution in [0.25, 0.3) is 16.7 Å². The van der Waals surface area contributed by atoms with E-state index < -0.39 is 5.63 Å². The molecule has 2 rings (SSSR count). The molecule has 0 spiro atoms. The number of nitrogens with two attached hydrogens (primary N) is 1. The third kappa shape index (κ3) is 1.65. The highest BCUT2D eigenvalue weighted by molar-refractivity contribution is 5.82. The van der Waals surface area contributed by atoms with Gasteiger partial charge in [-0.2, -0.15) is 0 Å². The summed E-state index contributed by atoms with van der Waals surface area (Å²) in [6.07, 6.45) is 0. The minimum absolute atomic E-state index is 0.419. The highest BCUT2D eigenvalue weighted by Gasteiger charge is 2.07. The van der Waals surface area contributed by atoms with Crippen LogP contribution in [-0.2, 0) is 0 Å². The number of nitrogens with one attached hydrogen (secondary N) is 1. The molecule has 4 heteroatoms. The zero-order chi connectivity index (χ0) is 11.7. The smallest absolute Gasteiger partial charge is 0.345 e. The second kappa shape index (κ2) is 3.73. The molecule has 0 saturated carbocycles. The molecule has 4 nitrogen and oxygen atoms in total. The second-order valence-corrected chi connectivity index (χ2v) is 3.47. The van der Waals surface area contributed by atoms with E-state index in [4.69, 9.17) is 10.2 Å². The lowest BCUT2D eigenvalue weighted by Gasteiger charge is -2.04. The van der Waals surface area contributed by atoms with Gasteiger partial charge in [-0.3, -0.25) is 0 Å². The van der Waals surface area contributed by atoms with E-state index in [0.29, 0.717) is 22.5 Å². The molecule has 1 aromatic heterocycles. The molecule has 16 heavy (non-hydrogen) atoms. The fourth-order valence-corrected chi connectivity index (χ4v) is 1.47. The van der Waals surface area contributed by atoms with Crippen molar-refractivity contribution in [1.29, 1.82) is 0 Å². The lowest BCUT2D eigenvalue weighted by molar-refractivity contribution is 0.558. The molecule has 0 bridgehead atoms. The van der Waals surface area contributed by atoms with Crippen LogP contribution in [0.5, 0.6) is 0 Å². The van der Waals surface area contributed by atoms with Gasteiger partial charge in [0, 0.05) is 29.9 Å². The Kier molecular flexibility index (Phi) is 2.40. The van der Waals surface area contributed by atoms with E-state index in [1.54, 1.807) is 31.3 Å². The predicted octanol–water partition coefficient (Wildman–Crippen LogP) is 1.57. The molecular formula is C12H12N2O2. The van der Waals surface area contributed by atoms with E-state index in [1.807, 2.05) is 0 Å². The molecule has 0 radical (unpaired) electrons. The number of rotatable bonds is 2. The number of hydrogen-bond acceptors (Lipinski definition) is 4. The summed E-state index contributed by atoms with van der Waals surface area (Å²) in [4.78, 5) is 11.6. The maximum Gasteiger partial charge on any atom is 0.345 e.